The van der Waals surface area contributed by atoms with Gasteiger partial charge in [0.2, 0.25) is 0 Å². The van der Waals surface area contributed by atoms with Gasteiger partial charge in [-0.15, -0.1) is 0 Å². The molecule has 4 atom stereocenters. The highest BCUT2D eigenvalue weighted by atomic mass is 16.5. The molecule has 120 valence electrons. The molecular formula is C18H31NO2. The summed E-state index contributed by atoms with van der Waals surface area (Å²) in [6.07, 6.45) is 8.24. The zero-order chi connectivity index (χ0) is 15.3. The van der Waals surface area contributed by atoms with Crippen molar-refractivity contribution in [2.45, 2.75) is 77.9 Å². The van der Waals surface area contributed by atoms with Gasteiger partial charge in [0.1, 0.15) is 0 Å². The lowest BCUT2D eigenvalue weighted by Gasteiger charge is -2.41. The second-order valence-corrected chi connectivity index (χ2v) is 7.45. The summed E-state index contributed by atoms with van der Waals surface area (Å²) in [5, 5.41) is 9.38. The summed E-state index contributed by atoms with van der Waals surface area (Å²) in [4.78, 5) is 0. The van der Waals surface area contributed by atoms with Gasteiger partial charge in [-0.1, -0.05) is 27.2 Å². The summed E-state index contributed by atoms with van der Waals surface area (Å²) < 4.78 is 11.9. The van der Waals surface area contributed by atoms with Crippen molar-refractivity contribution in [3.8, 4) is 6.07 Å². The van der Waals surface area contributed by atoms with Crippen LogP contribution < -0.4 is 0 Å². The van der Waals surface area contributed by atoms with Crippen LogP contribution in [0.25, 0.3) is 0 Å². The fraction of sp³-hybridized carbons (Fsp3) is 0.944. The highest BCUT2D eigenvalue weighted by Gasteiger charge is 2.38. The predicted octanol–water partition coefficient (Wildman–Crippen LogP) is 4.32. The molecule has 1 aliphatic carbocycles. The van der Waals surface area contributed by atoms with Crippen molar-refractivity contribution in [2.75, 3.05) is 13.2 Å². The first-order valence-corrected chi connectivity index (χ1v) is 8.69. The van der Waals surface area contributed by atoms with Gasteiger partial charge in [0.15, 0.2) is 0 Å². The number of nitrogens with zero attached hydrogens (tertiary/aromatic N) is 1. The van der Waals surface area contributed by atoms with Gasteiger partial charge in [0, 0.05) is 6.61 Å². The highest BCUT2D eigenvalue weighted by molar-refractivity contribution is 4.96. The average molecular weight is 293 g/mol. The van der Waals surface area contributed by atoms with Crippen molar-refractivity contribution >= 4 is 0 Å². The molecule has 1 saturated heterocycles. The number of ether oxygens (including phenoxy) is 2. The van der Waals surface area contributed by atoms with Gasteiger partial charge < -0.3 is 9.47 Å². The molecule has 1 aliphatic heterocycles. The lowest BCUT2D eigenvalue weighted by atomic mass is 9.67. The van der Waals surface area contributed by atoms with Gasteiger partial charge in [0.05, 0.1) is 30.8 Å². The van der Waals surface area contributed by atoms with E-state index in [0.717, 1.165) is 25.9 Å². The number of nitriles is 1. The van der Waals surface area contributed by atoms with Crippen LogP contribution in [0.2, 0.25) is 0 Å². The quantitative estimate of drug-likeness (QED) is 0.758. The summed E-state index contributed by atoms with van der Waals surface area (Å²) >= 11 is 0. The van der Waals surface area contributed by atoms with Crippen molar-refractivity contribution in [3.63, 3.8) is 0 Å². The average Bonchev–Trinajstić information content (AvgIpc) is 2.53. The van der Waals surface area contributed by atoms with Crippen molar-refractivity contribution in [1.82, 2.24) is 0 Å². The van der Waals surface area contributed by atoms with Gasteiger partial charge in [-0.25, -0.2) is 0 Å². The second-order valence-electron chi connectivity index (χ2n) is 7.45. The first-order chi connectivity index (χ1) is 10.1. The summed E-state index contributed by atoms with van der Waals surface area (Å²) in [6, 6.07) is 2.47. The maximum Gasteiger partial charge on any atom is 0.0808 e. The third-order valence-electron chi connectivity index (χ3n) is 5.74. The Kier molecular flexibility index (Phi) is 6.08. The van der Waals surface area contributed by atoms with Crippen LogP contribution in [0.1, 0.15) is 65.7 Å². The minimum Gasteiger partial charge on any atom is -0.376 e. The first-order valence-electron chi connectivity index (χ1n) is 8.69. The van der Waals surface area contributed by atoms with Crippen molar-refractivity contribution in [3.05, 3.63) is 0 Å². The molecule has 0 aromatic heterocycles. The zero-order valence-corrected chi connectivity index (χ0v) is 13.9. The molecule has 21 heavy (non-hydrogen) atoms. The summed E-state index contributed by atoms with van der Waals surface area (Å²) in [6.45, 7) is 8.51. The topological polar surface area (TPSA) is 42.2 Å². The molecule has 0 spiro atoms. The van der Waals surface area contributed by atoms with Crippen LogP contribution in [-0.4, -0.2) is 25.4 Å². The monoisotopic (exact) mass is 293 g/mol. The van der Waals surface area contributed by atoms with Crippen LogP contribution >= 0.6 is 0 Å². The SMILES string of the molecule is CCC(C)(C)C1CCC(C#N)C(OCC2CCCCO2)C1. The first kappa shape index (κ1) is 16.8. The lowest BCUT2D eigenvalue weighted by Crippen LogP contribution is -2.38. The summed E-state index contributed by atoms with van der Waals surface area (Å²) in [5.74, 6) is 0.738. The predicted molar refractivity (Wildman–Crippen MR) is 83.8 cm³/mol. The molecule has 0 radical (unpaired) electrons. The molecule has 3 nitrogen and oxygen atoms in total. The Bertz CT molecular complexity index is 355. The minimum absolute atomic E-state index is 0.0671. The standard InChI is InChI=1S/C18H31NO2/c1-4-18(2,3)15-9-8-14(12-19)17(11-15)21-13-16-7-5-6-10-20-16/h14-17H,4-11,13H2,1-3H3. The zero-order valence-electron chi connectivity index (χ0n) is 13.9. The van der Waals surface area contributed by atoms with Crippen LogP contribution in [0.15, 0.2) is 0 Å². The Balaban J connectivity index is 1.89. The van der Waals surface area contributed by atoms with Crippen LogP contribution in [0.4, 0.5) is 0 Å². The number of hydrogen-bond donors (Lipinski definition) is 0. The fourth-order valence-corrected chi connectivity index (χ4v) is 3.63. The fourth-order valence-electron chi connectivity index (χ4n) is 3.63. The van der Waals surface area contributed by atoms with E-state index in [2.05, 4.69) is 26.8 Å². The lowest BCUT2D eigenvalue weighted by molar-refractivity contribution is -0.0907. The smallest absolute Gasteiger partial charge is 0.0808 e. The van der Waals surface area contributed by atoms with Gasteiger partial charge in [-0.3, -0.25) is 0 Å². The Morgan fingerprint density at radius 3 is 2.67 bits per heavy atom. The van der Waals surface area contributed by atoms with Gasteiger partial charge in [-0.05, 0) is 49.9 Å². The third-order valence-corrected chi connectivity index (χ3v) is 5.74. The second kappa shape index (κ2) is 7.61. The van der Waals surface area contributed by atoms with Crippen molar-refractivity contribution in [2.24, 2.45) is 17.3 Å². The van der Waals surface area contributed by atoms with E-state index in [1.807, 2.05) is 0 Å². The van der Waals surface area contributed by atoms with Gasteiger partial charge in [0.25, 0.3) is 0 Å². The van der Waals surface area contributed by atoms with Gasteiger partial charge >= 0.3 is 0 Å². The molecule has 1 heterocycles. The van der Waals surface area contributed by atoms with Crippen LogP contribution in [0.5, 0.6) is 0 Å². The van der Waals surface area contributed by atoms with E-state index in [9.17, 15) is 5.26 Å². The van der Waals surface area contributed by atoms with Crippen LogP contribution in [-0.2, 0) is 9.47 Å². The van der Waals surface area contributed by atoms with E-state index >= 15 is 0 Å². The van der Waals surface area contributed by atoms with Crippen molar-refractivity contribution < 1.29 is 9.47 Å². The third kappa shape index (κ3) is 4.44. The van der Waals surface area contributed by atoms with E-state index in [4.69, 9.17) is 9.47 Å². The number of hydrogen-bond acceptors (Lipinski definition) is 3. The molecule has 1 saturated carbocycles. The van der Waals surface area contributed by atoms with E-state index in [1.165, 1.54) is 25.7 Å². The maximum atomic E-state index is 9.38. The van der Waals surface area contributed by atoms with E-state index in [0.29, 0.717) is 17.9 Å². The summed E-state index contributed by atoms with van der Waals surface area (Å²) in [7, 11) is 0. The molecule has 4 unspecified atom stereocenters. The molecule has 3 heteroatoms. The Morgan fingerprint density at radius 2 is 2.05 bits per heavy atom. The van der Waals surface area contributed by atoms with Crippen LogP contribution in [0.3, 0.4) is 0 Å². The summed E-state index contributed by atoms with van der Waals surface area (Å²) in [5.41, 5.74) is 0.351. The Labute approximate surface area is 130 Å². The normalized spacial score (nSPS) is 34.4. The van der Waals surface area contributed by atoms with Crippen molar-refractivity contribution in [1.29, 1.82) is 5.26 Å². The molecular weight excluding hydrogens is 262 g/mol. The molecule has 2 rings (SSSR count). The molecule has 0 bridgehead atoms. The highest BCUT2D eigenvalue weighted by Crippen LogP contribution is 2.43. The van der Waals surface area contributed by atoms with Crippen LogP contribution in [0, 0.1) is 28.6 Å². The minimum atomic E-state index is 0.0671. The molecule has 0 aromatic rings. The number of rotatable bonds is 5. The molecule has 0 amide bonds. The molecule has 0 aromatic carbocycles. The Morgan fingerprint density at radius 1 is 1.24 bits per heavy atom. The van der Waals surface area contributed by atoms with E-state index in [-0.39, 0.29) is 18.1 Å². The van der Waals surface area contributed by atoms with E-state index < -0.39 is 0 Å². The van der Waals surface area contributed by atoms with Gasteiger partial charge in [-0.2, -0.15) is 5.26 Å². The largest absolute Gasteiger partial charge is 0.376 e. The molecule has 0 N–H and O–H groups in total. The van der Waals surface area contributed by atoms with E-state index in [1.54, 1.807) is 0 Å². The molecule has 2 aliphatic rings. The maximum absolute atomic E-state index is 9.38. The molecule has 2 fully saturated rings. The Hall–Kier alpha value is -0.590.